The minimum absolute atomic E-state index is 0.0745. The molecule has 136 valence electrons. The Labute approximate surface area is 150 Å². The molecule has 2 saturated heterocycles. The number of amides is 1. The van der Waals surface area contributed by atoms with Gasteiger partial charge in [0, 0.05) is 50.9 Å². The molecule has 1 saturated carbocycles. The van der Waals surface area contributed by atoms with E-state index in [-0.39, 0.29) is 5.54 Å². The summed E-state index contributed by atoms with van der Waals surface area (Å²) < 4.78 is 0. The van der Waals surface area contributed by atoms with Crippen LogP contribution < -0.4 is 4.90 Å². The topological polar surface area (TPSA) is 52.6 Å². The second kappa shape index (κ2) is 6.56. The second-order valence-electron chi connectivity index (χ2n) is 8.06. The van der Waals surface area contributed by atoms with Gasteiger partial charge < -0.3 is 9.80 Å². The van der Waals surface area contributed by atoms with Crippen molar-refractivity contribution in [2.24, 2.45) is 5.92 Å². The van der Waals surface area contributed by atoms with Crippen LogP contribution in [0.2, 0.25) is 0 Å². The van der Waals surface area contributed by atoms with Crippen LogP contribution in [0.4, 0.5) is 5.82 Å². The molecular weight excluding hydrogens is 314 g/mol. The van der Waals surface area contributed by atoms with Crippen molar-refractivity contribution in [3.8, 4) is 0 Å². The summed E-state index contributed by atoms with van der Waals surface area (Å²) >= 11 is 0. The minimum atomic E-state index is 0.0745. The minimum Gasteiger partial charge on any atom is -0.353 e. The molecule has 0 aromatic carbocycles. The zero-order chi connectivity index (χ0) is 17.4. The van der Waals surface area contributed by atoms with E-state index in [1.54, 1.807) is 0 Å². The Morgan fingerprint density at radius 1 is 1.24 bits per heavy atom. The molecule has 6 heteroatoms. The summed E-state index contributed by atoms with van der Waals surface area (Å²) in [7, 11) is 2.23. The molecule has 0 N–H and O–H groups in total. The van der Waals surface area contributed by atoms with Crippen LogP contribution in [0.1, 0.15) is 37.9 Å². The van der Waals surface area contributed by atoms with Gasteiger partial charge in [-0.2, -0.15) is 0 Å². The Morgan fingerprint density at radius 2 is 2.08 bits per heavy atom. The van der Waals surface area contributed by atoms with Crippen LogP contribution in [0.3, 0.4) is 0 Å². The first-order valence-corrected chi connectivity index (χ1v) is 9.59. The van der Waals surface area contributed by atoms with E-state index in [0.29, 0.717) is 12.3 Å². The molecule has 3 aliphatic rings. The van der Waals surface area contributed by atoms with Crippen molar-refractivity contribution in [1.29, 1.82) is 0 Å². The molecule has 2 aliphatic heterocycles. The third kappa shape index (κ3) is 3.50. The summed E-state index contributed by atoms with van der Waals surface area (Å²) in [6.45, 7) is 6.76. The molecular formula is C19H29N5O. The fourth-order valence-corrected chi connectivity index (χ4v) is 4.31. The van der Waals surface area contributed by atoms with Gasteiger partial charge in [-0.05, 0) is 51.6 Å². The van der Waals surface area contributed by atoms with Crippen molar-refractivity contribution < 1.29 is 4.79 Å². The summed E-state index contributed by atoms with van der Waals surface area (Å²) in [6, 6.07) is 2.01. The number of piperazine rings is 1. The maximum atomic E-state index is 12.6. The SMILES string of the molecule is Cc1nccc(N2CCN(C)[C@]3(CCC(=O)N(CC4CC4)CC3)C2)n1. The van der Waals surface area contributed by atoms with E-state index >= 15 is 0 Å². The molecule has 1 amide bonds. The van der Waals surface area contributed by atoms with E-state index in [2.05, 4.69) is 31.7 Å². The fourth-order valence-electron chi connectivity index (χ4n) is 4.31. The quantitative estimate of drug-likeness (QED) is 0.836. The summed E-state index contributed by atoms with van der Waals surface area (Å²) in [5, 5.41) is 0. The second-order valence-corrected chi connectivity index (χ2v) is 8.06. The number of carbonyl (C=O) groups excluding carboxylic acids is 1. The number of hydrogen-bond acceptors (Lipinski definition) is 5. The molecule has 25 heavy (non-hydrogen) atoms. The average molecular weight is 343 g/mol. The normalized spacial score (nSPS) is 28.5. The zero-order valence-electron chi connectivity index (χ0n) is 15.4. The van der Waals surface area contributed by atoms with Gasteiger partial charge >= 0.3 is 0 Å². The van der Waals surface area contributed by atoms with Crippen LogP contribution in [0.5, 0.6) is 0 Å². The van der Waals surface area contributed by atoms with E-state index in [4.69, 9.17) is 0 Å². The Morgan fingerprint density at radius 3 is 2.84 bits per heavy atom. The predicted molar refractivity (Wildman–Crippen MR) is 97.5 cm³/mol. The van der Waals surface area contributed by atoms with Crippen LogP contribution in [0.25, 0.3) is 0 Å². The van der Waals surface area contributed by atoms with Gasteiger partial charge in [-0.3, -0.25) is 9.69 Å². The summed E-state index contributed by atoms with van der Waals surface area (Å²) in [6.07, 6.45) is 7.13. The van der Waals surface area contributed by atoms with Crippen molar-refractivity contribution in [3.05, 3.63) is 18.1 Å². The van der Waals surface area contributed by atoms with E-state index in [0.717, 1.165) is 63.1 Å². The number of aryl methyl sites for hydroxylation is 1. The third-order valence-electron chi connectivity index (χ3n) is 6.27. The molecule has 3 heterocycles. The maximum Gasteiger partial charge on any atom is 0.222 e. The van der Waals surface area contributed by atoms with Crippen molar-refractivity contribution in [2.75, 3.05) is 44.7 Å². The van der Waals surface area contributed by atoms with Crippen LogP contribution >= 0.6 is 0 Å². The van der Waals surface area contributed by atoms with Crippen LogP contribution in [0.15, 0.2) is 12.3 Å². The lowest BCUT2D eigenvalue weighted by molar-refractivity contribution is -0.130. The standard InChI is InChI=1S/C19H29N5O/c1-15-20-9-6-17(21-15)24-12-11-22(2)19(14-24)7-5-18(25)23(10-8-19)13-16-3-4-16/h6,9,16H,3-5,7-8,10-14H2,1-2H3/t19-/m0/s1. The number of carbonyl (C=O) groups is 1. The zero-order valence-corrected chi connectivity index (χ0v) is 15.4. The van der Waals surface area contributed by atoms with Crippen molar-refractivity contribution in [1.82, 2.24) is 19.8 Å². The van der Waals surface area contributed by atoms with E-state index in [9.17, 15) is 4.79 Å². The molecule has 1 spiro atoms. The van der Waals surface area contributed by atoms with Crippen LogP contribution in [-0.2, 0) is 4.79 Å². The molecule has 0 unspecified atom stereocenters. The summed E-state index contributed by atoms with van der Waals surface area (Å²) in [5.74, 6) is 2.96. The van der Waals surface area contributed by atoms with Gasteiger partial charge in [0.1, 0.15) is 11.6 Å². The lowest BCUT2D eigenvalue weighted by atomic mass is 9.86. The molecule has 6 nitrogen and oxygen atoms in total. The monoisotopic (exact) mass is 343 g/mol. The molecule has 0 radical (unpaired) electrons. The molecule has 1 aliphatic carbocycles. The maximum absolute atomic E-state index is 12.6. The number of nitrogens with zero attached hydrogens (tertiary/aromatic N) is 5. The van der Waals surface area contributed by atoms with Gasteiger partial charge in [-0.1, -0.05) is 0 Å². The van der Waals surface area contributed by atoms with E-state index < -0.39 is 0 Å². The summed E-state index contributed by atoms with van der Waals surface area (Å²) in [4.78, 5) is 28.4. The van der Waals surface area contributed by atoms with Gasteiger partial charge in [-0.15, -0.1) is 0 Å². The highest BCUT2D eigenvalue weighted by molar-refractivity contribution is 5.76. The predicted octanol–water partition coefficient (Wildman–Crippen LogP) is 1.70. The van der Waals surface area contributed by atoms with Gasteiger partial charge in [0.25, 0.3) is 0 Å². The van der Waals surface area contributed by atoms with E-state index in [1.807, 2.05) is 19.2 Å². The lowest BCUT2D eigenvalue weighted by Gasteiger charge is -2.49. The first-order valence-electron chi connectivity index (χ1n) is 9.59. The van der Waals surface area contributed by atoms with Crippen molar-refractivity contribution in [3.63, 3.8) is 0 Å². The largest absolute Gasteiger partial charge is 0.353 e. The molecule has 3 fully saturated rings. The number of likely N-dealkylation sites (tertiary alicyclic amines) is 1. The Bertz CT molecular complexity index is 646. The number of rotatable bonds is 3. The lowest BCUT2D eigenvalue weighted by Crippen LogP contribution is -2.61. The highest BCUT2D eigenvalue weighted by atomic mass is 16.2. The highest BCUT2D eigenvalue weighted by Crippen LogP contribution is 2.35. The first-order chi connectivity index (χ1) is 12.1. The molecule has 1 aromatic rings. The number of aromatic nitrogens is 2. The summed E-state index contributed by atoms with van der Waals surface area (Å²) in [5.41, 5.74) is 0.0745. The first kappa shape index (κ1) is 16.8. The smallest absolute Gasteiger partial charge is 0.222 e. The highest BCUT2D eigenvalue weighted by Gasteiger charge is 2.43. The Kier molecular flexibility index (Phi) is 4.40. The van der Waals surface area contributed by atoms with Gasteiger partial charge in [0.2, 0.25) is 5.91 Å². The number of anilines is 1. The Hall–Kier alpha value is -1.69. The molecule has 0 bridgehead atoms. The van der Waals surface area contributed by atoms with E-state index in [1.165, 1.54) is 12.8 Å². The van der Waals surface area contributed by atoms with Crippen molar-refractivity contribution >= 4 is 11.7 Å². The third-order valence-corrected chi connectivity index (χ3v) is 6.27. The van der Waals surface area contributed by atoms with Gasteiger partial charge in [-0.25, -0.2) is 9.97 Å². The molecule has 4 rings (SSSR count). The van der Waals surface area contributed by atoms with Crippen LogP contribution in [-0.4, -0.2) is 71.0 Å². The molecule has 1 atom stereocenters. The fraction of sp³-hybridized carbons (Fsp3) is 0.737. The number of likely N-dealkylation sites (N-methyl/N-ethyl adjacent to an activating group) is 1. The number of hydrogen-bond donors (Lipinski definition) is 0. The van der Waals surface area contributed by atoms with Gasteiger partial charge in [0.15, 0.2) is 0 Å². The Balaban J connectivity index is 1.51. The van der Waals surface area contributed by atoms with Crippen molar-refractivity contribution in [2.45, 2.75) is 44.6 Å². The average Bonchev–Trinajstić information content (AvgIpc) is 3.43. The van der Waals surface area contributed by atoms with Crippen LogP contribution in [0, 0.1) is 12.8 Å². The molecule has 1 aromatic heterocycles. The van der Waals surface area contributed by atoms with Gasteiger partial charge in [0.05, 0.1) is 0 Å².